The summed E-state index contributed by atoms with van der Waals surface area (Å²) in [5, 5.41) is 2.76. The lowest BCUT2D eigenvalue weighted by Gasteiger charge is -2.03. The van der Waals surface area contributed by atoms with Gasteiger partial charge in [-0.05, 0) is 36.8 Å². The molecule has 0 bridgehead atoms. The summed E-state index contributed by atoms with van der Waals surface area (Å²) in [6, 6.07) is 3.16. The molecule has 5 heteroatoms. The maximum Gasteiger partial charge on any atom is 0.250 e. The molecule has 0 aromatic carbocycles. The number of nitrogens with two attached hydrogens (primary N) is 1. The Hall–Kier alpha value is -1.91. The quantitative estimate of drug-likeness (QED) is 0.811. The molecule has 1 atom stereocenters. The lowest BCUT2D eigenvalue weighted by molar-refractivity contribution is -0.117. The van der Waals surface area contributed by atoms with Crippen molar-refractivity contribution >= 4 is 17.6 Å². The van der Waals surface area contributed by atoms with Gasteiger partial charge in [0, 0.05) is 12.1 Å². The number of hydrogen-bond donors (Lipinski definition) is 2. The van der Waals surface area contributed by atoms with Gasteiger partial charge in [-0.1, -0.05) is 0 Å². The third kappa shape index (κ3) is 1.77. The Balaban J connectivity index is 1.65. The third-order valence-corrected chi connectivity index (χ3v) is 3.70. The van der Waals surface area contributed by atoms with E-state index in [4.69, 9.17) is 5.73 Å². The molecule has 88 valence electrons. The van der Waals surface area contributed by atoms with Crippen LogP contribution >= 0.6 is 0 Å². The Kier molecular flexibility index (Phi) is 1.98. The number of nitrogens with zero attached hydrogens (tertiary/aromatic N) is 1. The molecule has 0 saturated heterocycles. The fraction of sp³-hybridized carbons (Fsp3) is 0.417. The van der Waals surface area contributed by atoms with Crippen molar-refractivity contribution in [2.24, 2.45) is 17.1 Å². The third-order valence-electron chi connectivity index (χ3n) is 3.70. The van der Waals surface area contributed by atoms with Crippen LogP contribution < -0.4 is 11.1 Å². The highest BCUT2D eigenvalue weighted by Crippen LogP contribution is 2.70. The normalized spacial score (nSPS) is 23.2. The van der Waals surface area contributed by atoms with Crippen molar-refractivity contribution in [1.29, 1.82) is 0 Å². The van der Waals surface area contributed by atoms with Gasteiger partial charge in [0.15, 0.2) is 0 Å². The van der Waals surface area contributed by atoms with Crippen LogP contribution in [0.25, 0.3) is 0 Å². The van der Waals surface area contributed by atoms with Gasteiger partial charge in [-0.15, -0.1) is 0 Å². The van der Waals surface area contributed by atoms with Gasteiger partial charge in [-0.25, -0.2) is 4.98 Å². The molecule has 17 heavy (non-hydrogen) atoms. The average Bonchev–Trinajstić information content (AvgIpc) is 3.20. The zero-order chi connectivity index (χ0) is 12.0. The molecule has 1 aromatic rings. The number of amides is 2. The smallest absolute Gasteiger partial charge is 0.250 e. The highest BCUT2D eigenvalue weighted by atomic mass is 16.2. The van der Waals surface area contributed by atoms with Gasteiger partial charge in [-0.3, -0.25) is 9.59 Å². The van der Waals surface area contributed by atoms with Crippen LogP contribution in [-0.2, 0) is 4.79 Å². The first-order valence-electron chi connectivity index (χ1n) is 5.67. The van der Waals surface area contributed by atoms with Gasteiger partial charge in [0.25, 0.3) is 0 Å². The molecule has 1 unspecified atom stereocenters. The molecule has 2 saturated carbocycles. The number of primary amides is 1. The SMILES string of the molecule is NC(=O)c1ccc(NC(=O)C2CC23CC3)nc1. The zero-order valence-electron chi connectivity index (χ0n) is 9.27. The second-order valence-electron chi connectivity index (χ2n) is 4.90. The van der Waals surface area contributed by atoms with E-state index in [0.29, 0.717) is 16.8 Å². The van der Waals surface area contributed by atoms with Gasteiger partial charge in [0.1, 0.15) is 5.82 Å². The molecule has 1 spiro atoms. The predicted molar refractivity (Wildman–Crippen MR) is 61.2 cm³/mol. The Morgan fingerprint density at radius 3 is 2.65 bits per heavy atom. The Labute approximate surface area is 98.4 Å². The van der Waals surface area contributed by atoms with Crippen molar-refractivity contribution in [1.82, 2.24) is 4.98 Å². The van der Waals surface area contributed by atoms with Crippen LogP contribution in [0.2, 0.25) is 0 Å². The lowest BCUT2D eigenvalue weighted by atomic mass is 10.2. The van der Waals surface area contributed by atoms with Crippen molar-refractivity contribution in [3.05, 3.63) is 23.9 Å². The van der Waals surface area contributed by atoms with Crippen LogP contribution in [0.3, 0.4) is 0 Å². The minimum atomic E-state index is -0.519. The number of rotatable bonds is 3. The minimum Gasteiger partial charge on any atom is -0.366 e. The van der Waals surface area contributed by atoms with Gasteiger partial charge in [0.2, 0.25) is 11.8 Å². The molecule has 5 nitrogen and oxygen atoms in total. The lowest BCUT2D eigenvalue weighted by Crippen LogP contribution is -2.16. The maximum atomic E-state index is 11.8. The summed E-state index contributed by atoms with van der Waals surface area (Å²) in [6.45, 7) is 0. The molecule has 2 amide bonds. The van der Waals surface area contributed by atoms with Crippen LogP contribution in [-0.4, -0.2) is 16.8 Å². The monoisotopic (exact) mass is 231 g/mol. The first kappa shape index (κ1) is 10.3. The highest BCUT2D eigenvalue weighted by molar-refractivity contribution is 5.96. The van der Waals surface area contributed by atoms with Gasteiger partial charge in [0.05, 0.1) is 5.56 Å². The van der Waals surface area contributed by atoms with Gasteiger partial charge < -0.3 is 11.1 Å². The fourth-order valence-electron chi connectivity index (χ4n) is 2.26. The van der Waals surface area contributed by atoms with E-state index in [2.05, 4.69) is 10.3 Å². The van der Waals surface area contributed by atoms with Crippen LogP contribution in [0.4, 0.5) is 5.82 Å². The molecule has 1 aromatic heterocycles. The van der Waals surface area contributed by atoms with Crippen LogP contribution in [0.5, 0.6) is 0 Å². The van der Waals surface area contributed by atoms with E-state index in [9.17, 15) is 9.59 Å². The number of anilines is 1. The molecule has 1 heterocycles. The van der Waals surface area contributed by atoms with E-state index in [-0.39, 0.29) is 11.8 Å². The average molecular weight is 231 g/mol. The summed E-state index contributed by atoms with van der Waals surface area (Å²) in [7, 11) is 0. The Morgan fingerprint density at radius 2 is 2.18 bits per heavy atom. The molecule has 3 N–H and O–H groups in total. The van der Waals surface area contributed by atoms with Crippen molar-refractivity contribution in [3.63, 3.8) is 0 Å². The zero-order valence-corrected chi connectivity index (χ0v) is 9.27. The topological polar surface area (TPSA) is 85.1 Å². The predicted octanol–water partition coefficient (Wildman–Crippen LogP) is 0.919. The molecule has 2 aliphatic rings. The van der Waals surface area contributed by atoms with E-state index >= 15 is 0 Å². The van der Waals surface area contributed by atoms with Crippen molar-refractivity contribution in [2.45, 2.75) is 19.3 Å². The summed E-state index contributed by atoms with van der Waals surface area (Å²) in [4.78, 5) is 26.6. The summed E-state index contributed by atoms with van der Waals surface area (Å²) in [5.74, 6) is 0.166. The van der Waals surface area contributed by atoms with Gasteiger partial charge >= 0.3 is 0 Å². The van der Waals surface area contributed by atoms with Crippen molar-refractivity contribution in [3.8, 4) is 0 Å². The number of hydrogen-bond acceptors (Lipinski definition) is 3. The first-order chi connectivity index (χ1) is 8.11. The molecule has 3 rings (SSSR count). The van der Waals surface area contributed by atoms with Crippen LogP contribution in [0, 0.1) is 11.3 Å². The Bertz CT molecular complexity index is 491. The van der Waals surface area contributed by atoms with Crippen LogP contribution in [0.15, 0.2) is 18.3 Å². The van der Waals surface area contributed by atoms with E-state index < -0.39 is 5.91 Å². The van der Waals surface area contributed by atoms with E-state index in [0.717, 1.165) is 6.42 Å². The standard InChI is InChI=1S/C12H13N3O2/c13-10(16)7-1-2-9(14-6-7)15-11(17)8-5-12(8)3-4-12/h1-2,6,8H,3-5H2,(H2,13,16)(H,14,15,17). The van der Waals surface area contributed by atoms with Crippen LogP contribution in [0.1, 0.15) is 29.6 Å². The Morgan fingerprint density at radius 1 is 1.41 bits per heavy atom. The fourth-order valence-corrected chi connectivity index (χ4v) is 2.26. The van der Waals surface area contributed by atoms with E-state index in [1.807, 2.05) is 0 Å². The van der Waals surface area contributed by atoms with Crippen molar-refractivity contribution in [2.75, 3.05) is 5.32 Å². The number of carbonyl (C=O) groups excluding carboxylic acids is 2. The number of aromatic nitrogens is 1. The number of pyridine rings is 1. The van der Waals surface area contributed by atoms with E-state index in [1.165, 1.54) is 19.0 Å². The summed E-state index contributed by atoms with van der Waals surface area (Å²) in [6.07, 6.45) is 4.74. The first-order valence-corrected chi connectivity index (χ1v) is 5.67. The molecular weight excluding hydrogens is 218 g/mol. The van der Waals surface area contributed by atoms with Crippen molar-refractivity contribution < 1.29 is 9.59 Å². The maximum absolute atomic E-state index is 11.8. The molecular formula is C12H13N3O2. The molecule has 2 aliphatic carbocycles. The summed E-state index contributed by atoms with van der Waals surface area (Å²) in [5.41, 5.74) is 5.79. The minimum absolute atomic E-state index is 0.0434. The number of nitrogens with one attached hydrogen (secondary N) is 1. The highest BCUT2D eigenvalue weighted by Gasteiger charge is 2.65. The molecule has 2 fully saturated rings. The summed E-state index contributed by atoms with van der Waals surface area (Å²) < 4.78 is 0. The second-order valence-corrected chi connectivity index (χ2v) is 4.90. The molecule has 0 aliphatic heterocycles. The molecule has 0 radical (unpaired) electrons. The summed E-state index contributed by atoms with van der Waals surface area (Å²) >= 11 is 0. The van der Waals surface area contributed by atoms with Gasteiger partial charge in [-0.2, -0.15) is 0 Å². The number of carbonyl (C=O) groups is 2. The second kappa shape index (κ2) is 3.29. The largest absolute Gasteiger partial charge is 0.366 e. The van der Waals surface area contributed by atoms with E-state index in [1.54, 1.807) is 12.1 Å².